The minimum Gasteiger partial charge on any atom is -0.313 e. The van der Waals surface area contributed by atoms with Crippen molar-refractivity contribution >= 4 is 23.4 Å². The summed E-state index contributed by atoms with van der Waals surface area (Å²) in [5, 5.41) is 4.68. The molecule has 0 saturated heterocycles. The first-order valence-corrected chi connectivity index (χ1v) is 9.85. The van der Waals surface area contributed by atoms with Crippen LogP contribution in [0.15, 0.2) is 24.3 Å². The lowest BCUT2D eigenvalue weighted by Gasteiger charge is -2.41. The monoisotopic (exact) mass is 323 g/mol. The average molecular weight is 324 g/mol. The maximum absolute atomic E-state index is 5.96. The molecule has 3 rings (SSSR count). The summed E-state index contributed by atoms with van der Waals surface area (Å²) in [5.41, 5.74) is 1.45. The molecule has 0 atom stereocenters. The molecule has 2 aliphatic carbocycles. The van der Waals surface area contributed by atoms with Gasteiger partial charge in [0.2, 0.25) is 0 Å². The molecule has 116 valence electrons. The van der Waals surface area contributed by atoms with Crippen LogP contribution in [0.3, 0.4) is 0 Å². The smallest absolute Gasteiger partial charge is 0.0406 e. The van der Waals surface area contributed by atoms with Crippen LogP contribution in [0.2, 0.25) is 5.02 Å². The Hall–Kier alpha value is -0.180. The van der Waals surface area contributed by atoms with Crippen molar-refractivity contribution < 1.29 is 0 Å². The van der Waals surface area contributed by atoms with E-state index in [-0.39, 0.29) is 0 Å². The van der Waals surface area contributed by atoms with Crippen molar-refractivity contribution in [3.63, 3.8) is 0 Å². The molecule has 2 aliphatic rings. The zero-order valence-corrected chi connectivity index (χ0v) is 14.5. The molecule has 3 heteroatoms. The number of rotatable bonds is 5. The largest absolute Gasteiger partial charge is 0.313 e. The second kappa shape index (κ2) is 6.93. The van der Waals surface area contributed by atoms with Gasteiger partial charge in [-0.2, -0.15) is 11.8 Å². The van der Waals surface area contributed by atoms with E-state index in [1.165, 1.54) is 57.1 Å². The van der Waals surface area contributed by atoms with Crippen LogP contribution < -0.4 is 5.32 Å². The molecular formula is C18H26ClNS. The second-order valence-corrected chi connectivity index (χ2v) is 8.46. The topological polar surface area (TPSA) is 12.0 Å². The van der Waals surface area contributed by atoms with Gasteiger partial charge in [0, 0.05) is 22.4 Å². The lowest BCUT2D eigenvalue weighted by Crippen LogP contribution is -2.47. The van der Waals surface area contributed by atoms with Crippen LogP contribution >= 0.6 is 23.4 Å². The summed E-state index contributed by atoms with van der Waals surface area (Å²) in [6.45, 7) is 1.20. The first-order chi connectivity index (χ1) is 10.2. The number of hydrogen-bond donors (Lipinski definition) is 1. The van der Waals surface area contributed by atoms with Gasteiger partial charge >= 0.3 is 0 Å². The van der Waals surface area contributed by atoms with Crippen molar-refractivity contribution in [1.82, 2.24) is 5.32 Å². The van der Waals surface area contributed by atoms with Gasteiger partial charge in [-0.05, 0) is 55.6 Å². The van der Waals surface area contributed by atoms with Gasteiger partial charge in [-0.3, -0.25) is 0 Å². The van der Waals surface area contributed by atoms with E-state index in [1.54, 1.807) is 0 Å². The quantitative estimate of drug-likeness (QED) is 0.795. The summed E-state index contributed by atoms with van der Waals surface area (Å²) in [6, 6.07) is 9.13. The van der Waals surface area contributed by atoms with E-state index >= 15 is 0 Å². The van der Waals surface area contributed by atoms with E-state index < -0.39 is 0 Å². The molecule has 1 N–H and O–H groups in total. The maximum Gasteiger partial charge on any atom is 0.0406 e. The highest BCUT2D eigenvalue weighted by atomic mass is 35.5. The van der Waals surface area contributed by atoms with Crippen LogP contribution in [0, 0.1) is 0 Å². The van der Waals surface area contributed by atoms with E-state index in [0.717, 1.165) is 17.0 Å². The summed E-state index contributed by atoms with van der Waals surface area (Å²) in [7, 11) is 0. The van der Waals surface area contributed by atoms with Crippen LogP contribution in [0.4, 0.5) is 0 Å². The van der Waals surface area contributed by atoms with E-state index in [1.807, 2.05) is 12.1 Å². The number of nitrogens with one attached hydrogen (secondary N) is 1. The van der Waals surface area contributed by atoms with Crippen molar-refractivity contribution in [3.8, 4) is 0 Å². The third-order valence-corrected chi connectivity index (χ3v) is 7.06. The Bertz CT molecular complexity index is 447. The van der Waals surface area contributed by atoms with Crippen molar-refractivity contribution in [3.05, 3.63) is 34.9 Å². The summed E-state index contributed by atoms with van der Waals surface area (Å²) in [6.07, 6.45) is 11.9. The van der Waals surface area contributed by atoms with Gasteiger partial charge in [0.1, 0.15) is 0 Å². The third kappa shape index (κ3) is 3.78. The fraction of sp³-hybridized carbons (Fsp3) is 0.667. The summed E-state index contributed by atoms with van der Waals surface area (Å²) in [5.74, 6) is 0.733. The van der Waals surface area contributed by atoms with Crippen molar-refractivity contribution in [1.29, 1.82) is 0 Å². The molecule has 2 fully saturated rings. The summed E-state index contributed by atoms with van der Waals surface area (Å²) in [4.78, 5) is 0. The number of halogens is 1. The highest BCUT2D eigenvalue weighted by Crippen LogP contribution is 2.40. The van der Waals surface area contributed by atoms with Gasteiger partial charge in [-0.25, -0.2) is 0 Å². The van der Waals surface area contributed by atoms with Gasteiger partial charge in [-0.15, -0.1) is 0 Å². The first-order valence-electron chi connectivity index (χ1n) is 8.25. The van der Waals surface area contributed by atoms with E-state index in [4.69, 9.17) is 11.6 Å². The van der Waals surface area contributed by atoms with Gasteiger partial charge < -0.3 is 5.32 Å². The molecule has 0 aromatic heterocycles. The molecule has 0 aliphatic heterocycles. The van der Waals surface area contributed by atoms with Gasteiger partial charge in [0.25, 0.3) is 0 Å². The van der Waals surface area contributed by atoms with Gasteiger partial charge in [-0.1, -0.05) is 43.0 Å². The minimum absolute atomic E-state index is 0.517. The van der Waals surface area contributed by atoms with Crippen molar-refractivity contribution in [2.45, 2.75) is 61.7 Å². The Morgan fingerprint density at radius 1 is 1.14 bits per heavy atom. The highest BCUT2D eigenvalue weighted by molar-refractivity contribution is 8.00. The Kier molecular flexibility index (Phi) is 5.19. The zero-order chi connectivity index (χ0) is 14.7. The Balaban J connectivity index is 1.45. The number of hydrogen-bond acceptors (Lipinski definition) is 2. The third-order valence-electron chi connectivity index (χ3n) is 5.39. The van der Waals surface area contributed by atoms with Crippen LogP contribution in [0.5, 0.6) is 0 Å². The van der Waals surface area contributed by atoms with Crippen LogP contribution in [0.1, 0.15) is 56.4 Å². The van der Waals surface area contributed by atoms with Gasteiger partial charge in [0.15, 0.2) is 0 Å². The predicted molar refractivity (Wildman–Crippen MR) is 94.5 cm³/mol. The molecule has 1 aromatic rings. The fourth-order valence-corrected chi connectivity index (χ4v) is 4.82. The SMILES string of the molecule is CSC1(CNC2CC(c3ccc(Cl)cc3)C2)CCCCC1. The standard InChI is InChI=1S/C18H26ClNS/c1-21-18(9-3-2-4-10-18)13-20-17-11-15(12-17)14-5-7-16(19)8-6-14/h5-8,15,17,20H,2-4,9-13H2,1H3. The zero-order valence-electron chi connectivity index (χ0n) is 12.9. The van der Waals surface area contributed by atoms with Crippen LogP contribution in [0.25, 0.3) is 0 Å². The predicted octanol–water partition coefficient (Wildman–Crippen LogP) is 5.24. The van der Waals surface area contributed by atoms with E-state index in [9.17, 15) is 0 Å². The maximum atomic E-state index is 5.96. The van der Waals surface area contributed by atoms with Crippen LogP contribution in [-0.4, -0.2) is 23.6 Å². The summed E-state index contributed by atoms with van der Waals surface area (Å²) < 4.78 is 0.517. The second-order valence-electron chi connectivity index (χ2n) is 6.75. The summed E-state index contributed by atoms with van der Waals surface area (Å²) >= 11 is 8.05. The molecule has 0 bridgehead atoms. The molecule has 0 heterocycles. The van der Waals surface area contributed by atoms with Crippen LogP contribution in [-0.2, 0) is 0 Å². The lowest BCUT2D eigenvalue weighted by molar-refractivity contribution is 0.268. The average Bonchev–Trinajstić information content (AvgIpc) is 2.48. The molecular weight excluding hydrogens is 298 g/mol. The molecule has 0 spiro atoms. The Labute approximate surface area is 138 Å². The molecule has 0 radical (unpaired) electrons. The highest BCUT2D eigenvalue weighted by Gasteiger charge is 2.35. The van der Waals surface area contributed by atoms with Crippen molar-refractivity contribution in [2.75, 3.05) is 12.8 Å². The normalized spacial score (nSPS) is 28.1. The number of benzene rings is 1. The number of thioether (sulfide) groups is 1. The molecule has 0 amide bonds. The molecule has 1 nitrogen and oxygen atoms in total. The van der Waals surface area contributed by atoms with E-state index in [2.05, 4.69) is 35.5 Å². The molecule has 21 heavy (non-hydrogen) atoms. The molecule has 1 aromatic carbocycles. The Morgan fingerprint density at radius 2 is 1.81 bits per heavy atom. The van der Waals surface area contributed by atoms with Crippen molar-refractivity contribution in [2.24, 2.45) is 0 Å². The fourth-order valence-electron chi connectivity index (χ4n) is 3.77. The lowest BCUT2D eigenvalue weighted by atomic mass is 9.75. The van der Waals surface area contributed by atoms with Gasteiger partial charge in [0.05, 0.1) is 0 Å². The molecule has 0 unspecified atom stereocenters. The van der Waals surface area contributed by atoms with E-state index in [0.29, 0.717) is 4.75 Å². The molecule has 2 saturated carbocycles. The first kappa shape index (κ1) is 15.7. The Morgan fingerprint density at radius 3 is 2.43 bits per heavy atom. The minimum atomic E-state index is 0.517.